The molecule has 20 heavy (non-hydrogen) atoms. The first-order valence-electron chi connectivity index (χ1n) is 7.03. The van der Waals surface area contributed by atoms with Gasteiger partial charge < -0.3 is 14.9 Å². The van der Waals surface area contributed by atoms with Crippen molar-refractivity contribution in [3.8, 4) is 5.75 Å². The number of halogens is 1. The van der Waals surface area contributed by atoms with Gasteiger partial charge in [-0.2, -0.15) is 0 Å². The molecule has 1 aromatic heterocycles. The summed E-state index contributed by atoms with van der Waals surface area (Å²) in [7, 11) is 0. The van der Waals surface area contributed by atoms with Crippen LogP contribution in [0.3, 0.4) is 0 Å². The number of rotatable bonds is 3. The van der Waals surface area contributed by atoms with E-state index in [2.05, 4.69) is 20.9 Å². The van der Waals surface area contributed by atoms with Crippen LogP contribution in [-0.4, -0.2) is 20.8 Å². The molecule has 0 N–H and O–H groups in total. The van der Waals surface area contributed by atoms with E-state index in [4.69, 9.17) is 4.74 Å². The lowest BCUT2D eigenvalue weighted by molar-refractivity contribution is -0.391. The van der Waals surface area contributed by atoms with Gasteiger partial charge in [0.2, 0.25) is 5.75 Å². The monoisotopic (exact) mass is 340 g/mol. The van der Waals surface area contributed by atoms with Crippen LogP contribution in [0.15, 0.2) is 18.3 Å². The molecular weight excluding hydrogens is 324 g/mol. The zero-order chi connectivity index (χ0) is 14.2. The van der Waals surface area contributed by atoms with E-state index in [-0.39, 0.29) is 17.3 Å². The van der Waals surface area contributed by atoms with E-state index in [1.54, 1.807) is 12.1 Å². The SMILES string of the molecule is O=[N+]([O-])c1ncccc1OC1CC(Br)C12CCCCC2. The van der Waals surface area contributed by atoms with Crippen LogP contribution in [0.25, 0.3) is 0 Å². The van der Waals surface area contributed by atoms with Gasteiger partial charge in [0.1, 0.15) is 12.3 Å². The van der Waals surface area contributed by atoms with E-state index in [0.717, 1.165) is 19.3 Å². The van der Waals surface area contributed by atoms with Crippen LogP contribution < -0.4 is 4.74 Å². The van der Waals surface area contributed by atoms with Crippen molar-refractivity contribution in [2.24, 2.45) is 5.41 Å². The Labute approximate surface area is 126 Å². The summed E-state index contributed by atoms with van der Waals surface area (Å²) >= 11 is 3.75. The summed E-state index contributed by atoms with van der Waals surface area (Å²) in [4.78, 5) is 14.8. The number of aromatic nitrogens is 1. The van der Waals surface area contributed by atoms with E-state index in [1.807, 2.05) is 0 Å². The lowest BCUT2D eigenvalue weighted by atomic mass is 9.58. The lowest BCUT2D eigenvalue weighted by Gasteiger charge is -2.55. The Morgan fingerprint density at radius 2 is 2.15 bits per heavy atom. The lowest BCUT2D eigenvalue weighted by Crippen LogP contribution is -2.57. The highest BCUT2D eigenvalue weighted by Crippen LogP contribution is 2.56. The Kier molecular flexibility index (Phi) is 3.67. The van der Waals surface area contributed by atoms with Crippen LogP contribution in [0.5, 0.6) is 5.75 Å². The number of alkyl halides is 1. The van der Waals surface area contributed by atoms with Crippen LogP contribution in [0.4, 0.5) is 5.82 Å². The van der Waals surface area contributed by atoms with Crippen LogP contribution in [0.2, 0.25) is 0 Å². The number of ether oxygens (including phenoxy) is 1. The second-order valence-electron chi connectivity index (χ2n) is 5.69. The summed E-state index contributed by atoms with van der Waals surface area (Å²) in [6.45, 7) is 0. The Hall–Kier alpha value is -1.17. The molecular formula is C14H17BrN2O3. The predicted octanol–water partition coefficient (Wildman–Crippen LogP) is 3.85. The van der Waals surface area contributed by atoms with Crippen molar-refractivity contribution < 1.29 is 9.66 Å². The van der Waals surface area contributed by atoms with Crippen LogP contribution >= 0.6 is 15.9 Å². The highest BCUT2D eigenvalue weighted by molar-refractivity contribution is 9.09. The normalized spacial score (nSPS) is 27.9. The maximum absolute atomic E-state index is 11.0. The number of hydrogen-bond acceptors (Lipinski definition) is 4. The van der Waals surface area contributed by atoms with Gasteiger partial charge in [-0.1, -0.05) is 35.2 Å². The second-order valence-corrected chi connectivity index (χ2v) is 6.79. The molecule has 1 aromatic rings. The molecule has 2 fully saturated rings. The Balaban J connectivity index is 1.80. The van der Waals surface area contributed by atoms with E-state index in [1.165, 1.54) is 25.5 Å². The molecule has 0 radical (unpaired) electrons. The number of nitro groups is 1. The maximum Gasteiger partial charge on any atom is 0.406 e. The van der Waals surface area contributed by atoms with Gasteiger partial charge in [-0.3, -0.25) is 0 Å². The van der Waals surface area contributed by atoms with Crippen molar-refractivity contribution in [1.29, 1.82) is 0 Å². The molecule has 108 valence electrons. The molecule has 2 atom stereocenters. The van der Waals surface area contributed by atoms with Gasteiger partial charge in [-0.25, -0.2) is 0 Å². The van der Waals surface area contributed by atoms with Gasteiger partial charge in [-0.05, 0) is 41.3 Å². The molecule has 1 heterocycles. The quantitative estimate of drug-likeness (QED) is 0.476. The third-order valence-corrected chi connectivity index (χ3v) is 5.95. The van der Waals surface area contributed by atoms with Gasteiger partial charge >= 0.3 is 5.82 Å². The van der Waals surface area contributed by atoms with Crippen molar-refractivity contribution in [2.45, 2.75) is 49.5 Å². The average molecular weight is 341 g/mol. The minimum atomic E-state index is -0.479. The standard InChI is InChI=1S/C14H17BrN2O3/c15-11-9-12(14(11)6-2-1-3-7-14)20-10-5-4-8-16-13(10)17(18)19/h4-5,8,11-12H,1-3,6-7,9H2. The largest absolute Gasteiger partial charge is 0.482 e. The summed E-state index contributed by atoms with van der Waals surface area (Å²) in [5.41, 5.74) is 0.155. The molecule has 0 aromatic carbocycles. The molecule has 0 bridgehead atoms. The molecule has 5 nitrogen and oxygen atoms in total. The van der Waals surface area contributed by atoms with Gasteiger partial charge in [0.05, 0.1) is 0 Å². The Morgan fingerprint density at radius 3 is 2.80 bits per heavy atom. The van der Waals surface area contributed by atoms with E-state index >= 15 is 0 Å². The topological polar surface area (TPSA) is 65.3 Å². The number of hydrogen-bond donors (Lipinski definition) is 0. The molecule has 2 aliphatic carbocycles. The minimum Gasteiger partial charge on any atom is -0.482 e. The highest BCUT2D eigenvalue weighted by atomic mass is 79.9. The van der Waals surface area contributed by atoms with Crippen molar-refractivity contribution in [1.82, 2.24) is 4.98 Å². The first kappa shape index (κ1) is 13.8. The third kappa shape index (κ3) is 2.20. The molecule has 3 rings (SSSR count). The van der Waals surface area contributed by atoms with Crippen LogP contribution in [0.1, 0.15) is 38.5 Å². The van der Waals surface area contributed by atoms with Crippen molar-refractivity contribution >= 4 is 21.7 Å². The fraction of sp³-hybridized carbons (Fsp3) is 0.643. The van der Waals surface area contributed by atoms with Gasteiger partial charge in [-0.15, -0.1) is 0 Å². The van der Waals surface area contributed by atoms with Crippen LogP contribution in [0, 0.1) is 15.5 Å². The highest BCUT2D eigenvalue weighted by Gasteiger charge is 2.55. The minimum absolute atomic E-state index is 0.0649. The molecule has 2 unspecified atom stereocenters. The summed E-state index contributed by atoms with van der Waals surface area (Å²) < 4.78 is 5.97. The predicted molar refractivity (Wildman–Crippen MR) is 78.2 cm³/mol. The zero-order valence-corrected chi connectivity index (χ0v) is 12.7. The number of pyridine rings is 1. The van der Waals surface area contributed by atoms with Crippen molar-refractivity contribution in [3.05, 3.63) is 28.4 Å². The maximum atomic E-state index is 11.0. The average Bonchev–Trinajstić information content (AvgIpc) is 2.48. The fourth-order valence-electron chi connectivity index (χ4n) is 3.47. The summed E-state index contributed by atoms with van der Waals surface area (Å²) in [5, 5.41) is 11.0. The molecule has 0 saturated heterocycles. The Morgan fingerprint density at radius 1 is 1.40 bits per heavy atom. The summed E-state index contributed by atoms with van der Waals surface area (Å²) in [5.74, 6) is 0.114. The van der Waals surface area contributed by atoms with Crippen LogP contribution in [-0.2, 0) is 0 Å². The van der Waals surface area contributed by atoms with Gasteiger partial charge in [0, 0.05) is 10.2 Å². The molecule has 2 saturated carbocycles. The first-order chi connectivity index (χ1) is 9.63. The summed E-state index contributed by atoms with van der Waals surface area (Å²) in [6, 6.07) is 3.32. The van der Waals surface area contributed by atoms with Gasteiger partial charge in [0.25, 0.3) is 0 Å². The van der Waals surface area contributed by atoms with Crippen molar-refractivity contribution in [2.75, 3.05) is 0 Å². The number of nitrogens with zero attached hydrogens (tertiary/aromatic N) is 2. The smallest absolute Gasteiger partial charge is 0.406 e. The first-order valence-corrected chi connectivity index (χ1v) is 7.95. The zero-order valence-electron chi connectivity index (χ0n) is 11.1. The molecule has 6 heteroatoms. The van der Waals surface area contributed by atoms with E-state index in [0.29, 0.717) is 10.6 Å². The summed E-state index contributed by atoms with van der Waals surface area (Å²) in [6.07, 6.45) is 8.40. The molecule has 0 amide bonds. The second kappa shape index (κ2) is 5.31. The third-order valence-electron chi connectivity index (χ3n) is 4.66. The molecule has 2 aliphatic rings. The Bertz CT molecular complexity index is 517. The fourth-order valence-corrected chi connectivity index (χ4v) is 4.57. The van der Waals surface area contributed by atoms with Crippen molar-refractivity contribution in [3.63, 3.8) is 0 Å². The molecule has 0 aliphatic heterocycles. The molecule has 1 spiro atoms. The van der Waals surface area contributed by atoms with Gasteiger partial charge in [0.15, 0.2) is 0 Å². The van der Waals surface area contributed by atoms with E-state index < -0.39 is 4.92 Å². The van der Waals surface area contributed by atoms with E-state index in [9.17, 15) is 10.1 Å².